The molecule has 2 N–H and O–H groups in total. The Hall–Kier alpha value is -3.60. The fourth-order valence-electron chi connectivity index (χ4n) is 2.78. The summed E-state index contributed by atoms with van der Waals surface area (Å²) in [6, 6.07) is 23.6. The van der Waals surface area contributed by atoms with Gasteiger partial charge < -0.3 is 15.4 Å². The van der Waals surface area contributed by atoms with E-state index in [2.05, 4.69) is 10.6 Å². The van der Waals surface area contributed by atoms with Gasteiger partial charge >= 0.3 is 0 Å². The van der Waals surface area contributed by atoms with Crippen molar-refractivity contribution in [2.45, 2.75) is 26.4 Å². The molecule has 0 unspecified atom stereocenters. The van der Waals surface area contributed by atoms with Gasteiger partial charge in [0.05, 0.1) is 12.5 Å². The monoisotopic (exact) mass is 388 g/mol. The highest BCUT2D eigenvalue weighted by Crippen LogP contribution is 2.17. The fourth-order valence-corrected chi connectivity index (χ4v) is 2.78. The van der Waals surface area contributed by atoms with Crippen molar-refractivity contribution in [3.05, 3.63) is 90.0 Å². The molecule has 0 saturated carbocycles. The van der Waals surface area contributed by atoms with Crippen molar-refractivity contribution in [1.82, 2.24) is 0 Å². The summed E-state index contributed by atoms with van der Waals surface area (Å²) in [5, 5.41) is 5.71. The number of amides is 2. The predicted octanol–water partition coefficient (Wildman–Crippen LogP) is 4.91. The van der Waals surface area contributed by atoms with Crippen LogP contribution in [0.25, 0.3) is 0 Å². The lowest BCUT2D eigenvalue weighted by molar-refractivity contribution is -0.115. The van der Waals surface area contributed by atoms with Crippen molar-refractivity contribution < 1.29 is 14.3 Å². The van der Waals surface area contributed by atoms with Gasteiger partial charge in [-0.3, -0.25) is 9.59 Å². The first kappa shape index (κ1) is 20.1. The number of carbonyl (C=O) groups is 2. The molecule has 0 atom stereocenters. The zero-order valence-electron chi connectivity index (χ0n) is 16.5. The number of benzene rings is 3. The molecular formula is C24H24N2O3. The molecule has 0 bridgehead atoms. The van der Waals surface area contributed by atoms with Crippen LogP contribution in [0, 0.1) is 0 Å². The fraction of sp³-hybridized carbons (Fsp3) is 0.167. The highest BCUT2D eigenvalue weighted by molar-refractivity contribution is 6.04. The zero-order chi connectivity index (χ0) is 20.6. The topological polar surface area (TPSA) is 67.4 Å². The molecule has 148 valence electrons. The zero-order valence-corrected chi connectivity index (χ0v) is 16.5. The van der Waals surface area contributed by atoms with E-state index in [9.17, 15) is 9.59 Å². The second kappa shape index (κ2) is 9.55. The third-order valence-electron chi connectivity index (χ3n) is 4.12. The first-order chi connectivity index (χ1) is 14.0. The van der Waals surface area contributed by atoms with Crippen molar-refractivity contribution in [2.75, 3.05) is 10.6 Å². The molecule has 3 aromatic rings. The number of carbonyl (C=O) groups excluding carboxylic acids is 2. The van der Waals surface area contributed by atoms with Gasteiger partial charge in [-0.2, -0.15) is 0 Å². The summed E-state index contributed by atoms with van der Waals surface area (Å²) in [5.41, 5.74) is 2.83. The maximum absolute atomic E-state index is 12.4. The van der Waals surface area contributed by atoms with Crippen molar-refractivity contribution >= 4 is 23.2 Å². The van der Waals surface area contributed by atoms with Crippen LogP contribution in [0.1, 0.15) is 29.8 Å². The van der Waals surface area contributed by atoms with Gasteiger partial charge in [-0.25, -0.2) is 0 Å². The number of nitrogens with one attached hydrogen (secondary N) is 2. The molecule has 0 spiro atoms. The third kappa shape index (κ3) is 6.21. The van der Waals surface area contributed by atoms with E-state index in [1.165, 1.54) is 0 Å². The van der Waals surface area contributed by atoms with Gasteiger partial charge in [-0.05, 0) is 67.9 Å². The van der Waals surface area contributed by atoms with Crippen LogP contribution in [0.4, 0.5) is 11.4 Å². The van der Waals surface area contributed by atoms with Gasteiger partial charge in [0, 0.05) is 16.9 Å². The van der Waals surface area contributed by atoms with Gasteiger partial charge in [-0.15, -0.1) is 0 Å². The third-order valence-corrected chi connectivity index (χ3v) is 4.12. The molecule has 2 amide bonds. The summed E-state index contributed by atoms with van der Waals surface area (Å²) in [5.74, 6) is 0.436. The van der Waals surface area contributed by atoms with Crippen LogP contribution in [-0.2, 0) is 11.2 Å². The number of ether oxygens (including phenoxy) is 1. The maximum Gasteiger partial charge on any atom is 0.255 e. The lowest BCUT2D eigenvalue weighted by Crippen LogP contribution is -2.15. The van der Waals surface area contributed by atoms with E-state index in [0.717, 1.165) is 11.3 Å². The predicted molar refractivity (Wildman–Crippen MR) is 115 cm³/mol. The molecule has 5 heteroatoms. The number of rotatable bonds is 7. The van der Waals surface area contributed by atoms with E-state index in [1.807, 2.05) is 44.2 Å². The average molecular weight is 388 g/mol. The molecule has 5 nitrogen and oxygen atoms in total. The molecular weight excluding hydrogens is 364 g/mol. The van der Waals surface area contributed by atoms with Crippen LogP contribution < -0.4 is 15.4 Å². The van der Waals surface area contributed by atoms with E-state index in [-0.39, 0.29) is 17.9 Å². The first-order valence-electron chi connectivity index (χ1n) is 9.51. The first-order valence-corrected chi connectivity index (χ1v) is 9.51. The lowest BCUT2D eigenvalue weighted by atomic mass is 10.1. The Bertz CT molecular complexity index is 950. The largest absolute Gasteiger partial charge is 0.491 e. The Morgan fingerprint density at radius 2 is 1.38 bits per heavy atom. The minimum absolute atomic E-state index is 0.0846. The van der Waals surface area contributed by atoms with Crippen LogP contribution in [0.15, 0.2) is 78.9 Å². The van der Waals surface area contributed by atoms with Gasteiger partial charge in [-0.1, -0.05) is 30.3 Å². The average Bonchev–Trinajstić information content (AvgIpc) is 2.70. The van der Waals surface area contributed by atoms with E-state index in [4.69, 9.17) is 4.74 Å². The van der Waals surface area contributed by atoms with Crippen molar-refractivity contribution in [3.63, 3.8) is 0 Å². The highest BCUT2D eigenvalue weighted by Gasteiger charge is 2.08. The molecule has 29 heavy (non-hydrogen) atoms. The van der Waals surface area contributed by atoms with Crippen LogP contribution in [0.2, 0.25) is 0 Å². The Morgan fingerprint density at radius 3 is 1.97 bits per heavy atom. The van der Waals surface area contributed by atoms with E-state index >= 15 is 0 Å². The molecule has 3 aromatic carbocycles. The molecule has 0 saturated heterocycles. The summed E-state index contributed by atoms with van der Waals surface area (Å²) in [6.07, 6.45) is 0.400. The molecule has 0 heterocycles. The second-order valence-corrected chi connectivity index (χ2v) is 6.93. The van der Waals surface area contributed by atoms with Gasteiger partial charge in [0.2, 0.25) is 5.91 Å². The van der Waals surface area contributed by atoms with Gasteiger partial charge in [0.15, 0.2) is 0 Å². The van der Waals surface area contributed by atoms with Crippen molar-refractivity contribution in [2.24, 2.45) is 0 Å². The lowest BCUT2D eigenvalue weighted by Gasteiger charge is -2.11. The summed E-state index contributed by atoms with van der Waals surface area (Å²) >= 11 is 0. The molecule has 0 aliphatic rings. The van der Waals surface area contributed by atoms with Gasteiger partial charge in [0.25, 0.3) is 5.91 Å². The number of hydrogen-bond donors (Lipinski definition) is 2. The highest BCUT2D eigenvalue weighted by atomic mass is 16.5. The van der Waals surface area contributed by atoms with Crippen molar-refractivity contribution in [1.29, 1.82) is 0 Å². The number of anilines is 2. The molecule has 0 aliphatic carbocycles. The minimum atomic E-state index is -0.207. The Labute approximate surface area is 170 Å². The van der Waals surface area contributed by atoms with Crippen LogP contribution >= 0.6 is 0 Å². The SMILES string of the molecule is CC(C)Oc1ccc(C(=O)Nc2ccc(NC(=O)Cc3ccccc3)cc2)cc1. The summed E-state index contributed by atoms with van der Waals surface area (Å²) in [4.78, 5) is 24.5. The Kier molecular flexibility index (Phi) is 6.63. The van der Waals surface area contributed by atoms with Crippen molar-refractivity contribution in [3.8, 4) is 5.75 Å². The molecule has 0 aliphatic heterocycles. The molecule has 0 radical (unpaired) electrons. The van der Waals surface area contributed by atoms with E-state index < -0.39 is 0 Å². The molecule has 0 aromatic heterocycles. The Balaban J connectivity index is 1.54. The maximum atomic E-state index is 12.4. The minimum Gasteiger partial charge on any atom is -0.491 e. The standard InChI is InChI=1S/C24H24N2O3/c1-17(2)29-22-14-8-19(9-15-22)24(28)26-21-12-10-20(11-13-21)25-23(27)16-18-6-4-3-5-7-18/h3-15,17H,16H2,1-2H3,(H,25,27)(H,26,28). The smallest absolute Gasteiger partial charge is 0.255 e. The Morgan fingerprint density at radius 1 is 0.793 bits per heavy atom. The van der Waals surface area contributed by atoms with Crippen LogP contribution in [0.3, 0.4) is 0 Å². The number of hydrogen-bond acceptors (Lipinski definition) is 3. The summed E-state index contributed by atoms with van der Waals surface area (Å²) in [6.45, 7) is 3.91. The van der Waals surface area contributed by atoms with Gasteiger partial charge in [0.1, 0.15) is 5.75 Å². The second-order valence-electron chi connectivity index (χ2n) is 6.93. The van der Waals surface area contributed by atoms with Crippen LogP contribution in [0.5, 0.6) is 5.75 Å². The van der Waals surface area contributed by atoms with E-state index in [0.29, 0.717) is 23.4 Å². The quantitative estimate of drug-likeness (QED) is 0.604. The van der Waals surface area contributed by atoms with Crippen LogP contribution in [-0.4, -0.2) is 17.9 Å². The molecule has 3 rings (SSSR count). The normalized spacial score (nSPS) is 10.4. The summed E-state index contributed by atoms with van der Waals surface area (Å²) < 4.78 is 5.58. The molecule has 0 fully saturated rings. The van der Waals surface area contributed by atoms with E-state index in [1.54, 1.807) is 48.5 Å². The summed E-state index contributed by atoms with van der Waals surface area (Å²) in [7, 11) is 0.